The van der Waals surface area contributed by atoms with Crippen LogP contribution in [-0.2, 0) is 20.9 Å². The highest BCUT2D eigenvalue weighted by Crippen LogP contribution is 2.49. The molecule has 3 N–H and O–H groups in total. The van der Waals surface area contributed by atoms with E-state index < -0.39 is 29.4 Å². The van der Waals surface area contributed by atoms with Crippen LogP contribution in [-0.4, -0.2) is 41.8 Å². The van der Waals surface area contributed by atoms with Gasteiger partial charge in [0.1, 0.15) is 22.7 Å². The van der Waals surface area contributed by atoms with Crippen LogP contribution in [0.5, 0.6) is 11.5 Å². The highest BCUT2D eigenvalue weighted by molar-refractivity contribution is 7.22. The molecule has 9 nitrogen and oxygen atoms in total. The lowest BCUT2D eigenvalue weighted by Gasteiger charge is -2.26. The molecule has 1 fully saturated rings. The number of carbonyl (C=O) groups is 2. The number of hydrogen-bond donors (Lipinski definition) is 2. The van der Waals surface area contributed by atoms with Gasteiger partial charge in [-0.15, -0.1) is 11.3 Å². The zero-order chi connectivity index (χ0) is 31.6. The molecule has 1 aliphatic rings. The number of nitrogens with zero attached hydrogens (tertiary/aromatic N) is 3. The second-order valence-corrected chi connectivity index (χ2v) is 11.7. The van der Waals surface area contributed by atoms with Crippen molar-refractivity contribution in [2.24, 2.45) is 11.1 Å². The first kappa shape index (κ1) is 30.3. The van der Waals surface area contributed by atoms with Gasteiger partial charge in [-0.25, -0.2) is 8.78 Å². The molecule has 1 unspecified atom stereocenters. The summed E-state index contributed by atoms with van der Waals surface area (Å²) >= 11 is 1.49. The Morgan fingerprint density at radius 2 is 1.76 bits per heavy atom. The SMILES string of the molecule is COC(F)CNCc1ccc(-c2cc3nccc(Oc4ccc(N(C(=O)C5(C(N)=O)CC5)c5ccc(F)cc5)cc4)c3s2)nc1. The van der Waals surface area contributed by atoms with Crippen LogP contribution in [0, 0.1) is 11.2 Å². The standard InChI is InChI=1S/C33H29F2N5O4S/c1-43-29(35)19-37-17-20-2-11-25(39-18-20)28-16-26-30(45-28)27(12-15-38-26)44-24-9-7-23(8-10-24)40(22-5-3-21(34)4-6-22)32(42)33(13-14-33)31(36)41/h2-12,15-16,18,29,37H,13-14,17,19H2,1H3,(H2,36,41). The summed E-state index contributed by atoms with van der Waals surface area (Å²) in [5.41, 5.74) is 7.66. The molecule has 6 rings (SSSR count). The molecule has 1 saturated carbocycles. The van der Waals surface area contributed by atoms with Gasteiger partial charge in [-0.3, -0.25) is 24.5 Å². The van der Waals surface area contributed by atoms with Crippen LogP contribution in [0.2, 0.25) is 0 Å². The second kappa shape index (κ2) is 12.7. The molecule has 0 spiro atoms. The zero-order valence-corrected chi connectivity index (χ0v) is 25.0. The second-order valence-electron chi connectivity index (χ2n) is 10.6. The number of rotatable bonds is 12. The van der Waals surface area contributed by atoms with Crippen LogP contribution >= 0.6 is 11.3 Å². The normalized spacial score (nSPS) is 14.2. The third-order valence-corrected chi connectivity index (χ3v) is 8.75. The number of nitrogens with two attached hydrogens (primary N) is 1. The summed E-state index contributed by atoms with van der Waals surface area (Å²) in [6, 6.07) is 19.9. The van der Waals surface area contributed by atoms with Gasteiger partial charge in [0.25, 0.3) is 0 Å². The Kier molecular flexibility index (Phi) is 8.52. The minimum atomic E-state index is -1.36. The van der Waals surface area contributed by atoms with Crippen molar-refractivity contribution in [3.8, 4) is 22.1 Å². The van der Waals surface area contributed by atoms with Crippen molar-refractivity contribution in [2.75, 3.05) is 18.6 Å². The maximum Gasteiger partial charge on any atom is 0.247 e. The number of thiophene rings is 1. The Labute approximate surface area is 261 Å². The number of halogens is 2. The number of carbonyl (C=O) groups excluding carboxylic acids is 2. The summed E-state index contributed by atoms with van der Waals surface area (Å²) in [6.07, 6.45) is 2.78. The fourth-order valence-electron chi connectivity index (χ4n) is 4.88. The van der Waals surface area contributed by atoms with Gasteiger partial charge in [-0.2, -0.15) is 0 Å². The number of nitrogens with one attached hydrogen (secondary N) is 1. The number of alkyl halides is 1. The van der Waals surface area contributed by atoms with Crippen molar-refractivity contribution in [1.82, 2.24) is 15.3 Å². The summed E-state index contributed by atoms with van der Waals surface area (Å²) in [7, 11) is 1.32. The lowest BCUT2D eigenvalue weighted by molar-refractivity contribution is -0.133. The predicted molar refractivity (Wildman–Crippen MR) is 167 cm³/mol. The number of anilines is 2. The first-order valence-electron chi connectivity index (χ1n) is 14.2. The Hall–Kier alpha value is -4.78. The van der Waals surface area contributed by atoms with E-state index in [4.69, 9.17) is 10.5 Å². The average Bonchev–Trinajstić information content (AvgIpc) is 3.76. The number of primary amides is 1. The summed E-state index contributed by atoms with van der Waals surface area (Å²) in [5, 5.41) is 2.99. The molecule has 0 aliphatic heterocycles. The van der Waals surface area contributed by atoms with E-state index >= 15 is 0 Å². The van der Waals surface area contributed by atoms with Gasteiger partial charge in [0, 0.05) is 43.5 Å². The molecule has 3 aromatic heterocycles. The average molecular weight is 630 g/mol. The van der Waals surface area contributed by atoms with Crippen LogP contribution in [0.4, 0.5) is 20.2 Å². The smallest absolute Gasteiger partial charge is 0.247 e. The van der Waals surface area contributed by atoms with Crippen molar-refractivity contribution in [3.63, 3.8) is 0 Å². The molecular weight excluding hydrogens is 600 g/mol. The van der Waals surface area contributed by atoms with E-state index in [0.29, 0.717) is 42.3 Å². The molecule has 45 heavy (non-hydrogen) atoms. The third-order valence-electron chi connectivity index (χ3n) is 7.58. The summed E-state index contributed by atoms with van der Waals surface area (Å²) in [5.74, 6) is -0.449. The highest BCUT2D eigenvalue weighted by Gasteiger charge is 2.57. The molecule has 5 aromatic rings. The number of amides is 2. The van der Waals surface area contributed by atoms with Crippen molar-refractivity contribution in [1.29, 1.82) is 0 Å². The Morgan fingerprint density at radius 1 is 1.04 bits per heavy atom. The number of benzene rings is 2. The summed E-state index contributed by atoms with van der Waals surface area (Å²) in [6.45, 7) is 0.552. The highest BCUT2D eigenvalue weighted by atomic mass is 32.1. The lowest BCUT2D eigenvalue weighted by atomic mass is 10.0. The van der Waals surface area contributed by atoms with Crippen LogP contribution in [0.15, 0.2) is 85.2 Å². The van der Waals surface area contributed by atoms with Crippen molar-refractivity contribution in [2.45, 2.75) is 25.7 Å². The maximum atomic E-state index is 13.7. The predicted octanol–water partition coefficient (Wildman–Crippen LogP) is 6.25. The maximum absolute atomic E-state index is 13.7. The van der Waals surface area contributed by atoms with Gasteiger partial charge in [-0.05, 0) is 79.1 Å². The molecule has 0 saturated heterocycles. The molecular formula is C33H29F2N5O4S. The first-order chi connectivity index (χ1) is 21.8. The topological polar surface area (TPSA) is 120 Å². The van der Waals surface area contributed by atoms with Gasteiger partial charge in [0.15, 0.2) is 0 Å². The zero-order valence-electron chi connectivity index (χ0n) is 24.2. The van der Waals surface area contributed by atoms with Gasteiger partial charge >= 0.3 is 0 Å². The van der Waals surface area contributed by atoms with Gasteiger partial charge in [0.05, 0.1) is 27.3 Å². The van der Waals surface area contributed by atoms with Gasteiger partial charge in [0.2, 0.25) is 18.2 Å². The lowest BCUT2D eigenvalue weighted by Crippen LogP contribution is -2.41. The molecule has 3 heterocycles. The molecule has 1 aliphatic carbocycles. The molecule has 0 bridgehead atoms. The number of fused-ring (bicyclic) bond motifs is 1. The third kappa shape index (κ3) is 6.39. The first-order valence-corrected chi connectivity index (χ1v) is 15.0. The molecule has 230 valence electrons. The Balaban J connectivity index is 1.21. The van der Waals surface area contributed by atoms with Crippen LogP contribution in [0.25, 0.3) is 20.8 Å². The summed E-state index contributed by atoms with van der Waals surface area (Å²) < 4.78 is 38.6. The van der Waals surface area contributed by atoms with E-state index in [9.17, 15) is 18.4 Å². The number of pyridine rings is 2. The van der Waals surface area contributed by atoms with Gasteiger partial charge < -0.3 is 20.5 Å². The number of ether oxygens (including phenoxy) is 2. The summed E-state index contributed by atoms with van der Waals surface area (Å²) in [4.78, 5) is 37.1. The minimum Gasteiger partial charge on any atom is -0.456 e. The van der Waals surface area contributed by atoms with Crippen molar-refractivity contribution >= 4 is 44.7 Å². The number of methoxy groups -OCH3 is 1. The van der Waals surface area contributed by atoms with E-state index in [1.54, 1.807) is 42.7 Å². The molecule has 2 amide bonds. The fraction of sp³-hybridized carbons (Fsp3) is 0.212. The van der Waals surface area contributed by atoms with Crippen molar-refractivity contribution in [3.05, 3.63) is 96.6 Å². The van der Waals surface area contributed by atoms with E-state index in [-0.39, 0.29) is 6.54 Å². The molecule has 2 aromatic carbocycles. The molecule has 0 radical (unpaired) electrons. The van der Waals surface area contributed by atoms with Crippen LogP contribution < -0.4 is 20.7 Å². The van der Waals surface area contributed by atoms with E-state index in [1.165, 1.54) is 47.6 Å². The minimum absolute atomic E-state index is 0.0896. The van der Waals surface area contributed by atoms with Crippen LogP contribution in [0.3, 0.4) is 0 Å². The van der Waals surface area contributed by atoms with E-state index in [0.717, 1.165) is 26.4 Å². The Morgan fingerprint density at radius 3 is 2.38 bits per heavy atom. The van der Waals surface area contributed by atoms with Crippen molar-refractivity contribution < 1.29 is 27.8 Å². The quantitative estimate of drug-likeness (QED) is 0.157. The largest absolute Gasteiger partial charge is 0.456 e. The monoisotopic (exact) mass is 629 g/mol. The number of aromatic nitrogens is 2. The van der Waals surface area contributed by atoms with Gasteiger partial charge in [-0.1, -0.05) is 6.07 Å². The fourth-order valence-corrected chi connectivity index (χ4v) is 5.92. The van der Waals surface area contributed by atoms with E-state index in [1.807, 2.05) is 18.2 Å². The van der Waals surface area contributed by atoms with E-state index in [2.05, 4.69) is 20.0 Å². The number of hydrogen-bond acceptors (Lipinski definition) is 8. The molecule has 1 atom stereocenters. The molecule has 12 heteroatoms. The van der Waals surface area contributed by atoms with Crippen LogP contribution in [0.1, 0.15) is 18.4 Å². The Bertz CT molecular complexity index is 1830.